The van der Waals surface area contributed by atoms with Gasteiger partial charge in [0.2, 0.25) is 5.91 Å². The highest BCUT2D eigenvalue weighted by molar-refractivity contribution is 7.07. The number of rotatable bonds is 7. The van der Waals surface area contributed by atoms with E-state index in [1.165, 1.54) is 27.6 Å². The maximum Gasteiger partial charge on any atom is 0.222 e. The number of likely N-dealkylation sites (tertiary alicyclic amines) is 1. The van der Waals surface area contributed by atoms with Crippen LogP contribution in [-0.4, -0.2) is 28.5 Å². The minimum absolute atomic E-state index is 0.292. The van der Waals surface area contributed by atoms with Gasteiger partial charge in [-0.05, 0) is 47.7 Å². The Balaban J connectivity index is 1.53. The quantitative estimate of drug-likeness (QED) is 0.328. The van der Waals surface area contributed by atoms with Crippen molar-refractivity contribution >= 4 is 33.7 Å². The molecule has 168 valence electrons. The van der Waals surface area contributed by atoms with Gasteiger partial charge in [-0.3, -0.25) is 4.79 Å². The van der Waals surface area contributed by atoms with Gasteiger partial charge in [-0.15, -0.1) is 11.3 Å². The summed E-state index contributed by atoms with van der Waals surface area (Å²) < 4.78 is 2.33. The molecule has 5 heteroatoms. The molecule has 0 saturated carbocycles. The third kappa shape index (κ3) is 4.64. The van der Waals surface area contributed by atoms with Gasteiger partial charge < -0.3 is 9.47 Å². The van der Waals surface area contributed by atoms with Gasteiger partial charge in [0.15, 0.2) is 4.80 Å². The second-order valence-electron chi connectivity index (χ2n) is 8.55. The van der Waals surface area contributed by atoms with Crippen molar-refractivity contribution in [1.82, 2.24) is 9.47 Å². The van der Waals surface area contributed by atoms with Gasteiger partial charge in [0.05, 0.1) is 11.4 Å². The van der Waals surface area contributed by atoms with Crippen LogP contribution in [0, 0.1) is 0 Å². The number of fused-ring (bicyclic) bond motifs is 1. The first kappa shape index (κ1) is 21.7. The molecule has 0 radical (unpaired) electrons. The fourth-order valence-corrected chi connectivity index (χ4v) is 5.52. The Morgan fingerprint density at radius 3 is 2.58 bits per heavy atom. The molecule has 5 rings (SSSR count). The molecule has 1 amide bonds. The lowest BCUT2D eigenvalue weighted by Gasteiger charge is -2.16. The van der Waals surface area contributed by atoms with E-state index in [4.69, 9.17) is 4.99 Å². The van der Waals surface area contributed by atoms with Crippen LogP contribution in [0.15, 0.2) is 77.1 Å². The molecule has 1 aliphatic rings. The molecule has 1 aliphatic heterocycles. The van der Waals surface area contributed by atoms with Crippen LogP contribution < -0.4 is 4.80 Å². The van der Waals surface area contributed by atoms with Crippen LogP contribution in [0.5, 0.6) is 0 Å². The van der Waals surface area contributed by atoms with Gasteiger partial charge in [-0.2, -0.15) is 0 Å². The first-order valence-corrected chi connectivity index (χ1v) is 12.7. The fourth-order valence-electron chi connectivity index (χ4n) is 4.58. The standard InChI is InChI=1S/C28H29N3OS/c1-2-21-13-15-23(16-14-21)29-28-31(19-7-18-30-17-6-12-27(30)32)26(20-33-28)25-11-5-9-22-8-3-4-10-24(22)25/h3-5,8-11,13-16,20H,2,6-7,12,17-19H2,1H3. The highest BCUT2D eigenvalue weighted by atomic mass is 32.1. The van der Waals surface area contributed by atoms with Crippen LogP contribution in [0.3, 0.4) is 0 Å². The van der Waals surface area contributed by atoms with Gasteiger partial charge in [0.25, 0.3) is 0 Å². The van der Waals surface area contributed by atoms with Crippen LogP contribution in [0.4, 0.5) is 5.69 Å². The molecule has 0 bridgehead atoms. The van der Waals surface area contributed by atoms with Gasteiger partial charge >= 0.3 is 0 Å². The Morgan fingerprint density at radius 2 is 1.79 bits per heavy atom. The van der Waals surface area contributed by atoms with E-state index < -0.39 is 0 Å². The summed E-state index contributed by atoms with van der Waals surface area (Å²) in [7, 11) is 0. The number of carbonyl (C=O) groups excluding carboxylic acids is 1. The highest BCUT2D eigenvalue weighted by Crippen LogP contribution is 2.29. The van der Waals surface area contributed by atoms with Crippen molar-refractivity contribution in [1.29, 1.82) is 0 Å². The Labute approximate surface area is 198 Å². The maximum absolute atomic E-state index is 12.1. The number of amides is 1. The molecule has 33 heavy (non-hydrogen) atoms. The Bertz CT molecular complexity index is 1330. The van der Waals surface area contributed by atoms with E-state index in [9.17, 15) is 4.79 Å². The smallest absolute Gasteiger partial charge is 0.222 e. The van der Waals surface area contributed by atoms with Crippen LogP contribution in [0.2, 0.25) is 0 Å². The zero-order valence-electron chi connectivity index (χ0n) is 19.0. The highest BCUT2D eigenvalue weighted by Gasteiger charge is 2.19. The van der Waals surface area contributed by atoms with Crippen molar-refractivity contribution < 1.29 is 4.79 Å². The fraction of sp³-hybridized carbons (Fsp3) is 0.286. The van der Waals surface area contributed by atoms with Gasteiger partial charge in [0.1, 0.15) is 0 Å². The van der Waals surface area contributed by atoms with E-state index in [0.717, 1.165) is 49.4 Å². The molecule has 0 N–H and O–H groups in total. The number of hydrogen-bond donors (Lipinski definition) is 0. The topological polar surface area (TPSA) is 37.6 Å². The summed E-state index contributed by atoms with van der Waals surface area (Å²) in [5, 5.41) is 4.71. The zero-order chi connectivity index (χ0) is 22.6. The van der Waals surface area contributed by atoms with Crippen molar-refractivity contribution in [3.8, 4) is 11.3 Å². The number of nitrogens with zero attached hydrogens (tertiary/aromatic N) is 3. The van der Waals surface area contributed by atoms with Gasteiger partial charge in [-0.1, -0.05) is 61.5 Å². The molecule has 2 heterocycles. The lowest BCUT2D eigenvalue weighted by molar-refractivity contribution is -0.127. The summed E-state index contributed by atoms with van der Waals surface area (Å²) in [6, 6.07) is 23.5. The third-order valence-electron chi connectivity index (χ3n) is 6.41. The first-order chi connectivity index (χ1) is 16.2. The summed E-state index contributed by atoms with van der Waals surface area (Å²) in [5.41, 5.74) is 4.71. The molecule has 4 aromatic rings. The second kappa shape index (κ2) is 9.75. The van der Waals surface area contributed by atoms with Crippen molar-refractivity contribution in [2.45, 2.75) is 39.2 Å². The van der Waals surface area contributed by atoms with Gasteiger partial charge in [0, 0.05) is 37.0 Å². The van der Waals surface area contributed by atoms with E-state index in [1.54, 1.807) is 11.3 Å². The van der Waals surface area contributed by atoms with E-state index in [-0.39, 0.29) is 0 Å². The monoisotopic (exact) mass is 455 g/mol. The van der Waals surface area contributed by atoms with E-state index in [2.05, 4.69) is 83.6 Å². The molecule has 0 aliphatic carbocycles. The van der Waals surface area contributed by atoms with Gasteiger partial charge in [-0.25, -0.2) is 4.99 Å². The number of hydrogen-bond acceptors (Lipinski definition) is 3. The largest absolute Gasteiger partial charge is 0.343 e. The second-order valence-corrected chi connectivity index (χ2v) is 9.39. The van der Waals surface area contributed by atoms with E-state index >= 15 is 0 Å². The van der Waals surface area contributed by atoms with Crippen molar-refractivity contribution in [2.75, 3.05) is 13.1 Å². The number of aromatic nitrogens is 1. The number of benzene rings is 3. The van der Waals surface area contributed by atoms with E-state index in [0.29, 0.717) is 12.3 Å². The molecule has 1 saturated heterocycles. The van der Waals surface area contributed by atoms with Crippen LogP contribution in [0.25, 0.3) is 22.0 Å². The molecule has 1 aromatic heterocycles. The minimum atomic E-state index is 0.292. The normalized spacial score (nSPS) is 14.5. The summed E-state index contributed by atoms with van der Waals surface area (Å²) in [6.07, 6.45) is 3.63. The molecule has 0 spiro atoms. The average molecular weight is 456 g/mol. The molecule has 0 atom stereocenters. The Kier molecular flexibility index (Phi) is 6.40. The summed E-state index contributed by atoms with van der Waals surface area (Å²) in [4.78, 5) is 20.1. The minimum Gasteiger partial charge on any atom is -0.343 e. The SMILES string of the molecule is CCc1ccc(N=c2scc(-c3cccc4ccccc34)n2CCCN2CCCC2=O)cc1. The number of thiazole rings is 1. The molecule has 4 nitrogen and oxygen atoms in total. The first-order valence-electron chi connectivity index (χ1n) is 11.8. The van der Waals surface area contributed by atoms with Crippen molar-refractivity contribution in [3.05, 3.63) is 82.5 Å². The zero-order valence-corrected chi connectivity index (χ0v) is 19.9. The Hall–Kier alpha value is -3.18. The maximum atomic E-state index is 12.1. The summed E-state index contributed by atoms with van der Waals surface area (Å²) in [6.45, 7) is 4.70. The molecule has 1 fully saturated rings. The predicted octanol–water partition coefficient (Wildman–Crippen LogP) is 6.18. The average Bonchev–Trinajstić information content (AvgIpc) is 3.45. The molecular weight excluding hydrogens is 426 g/mol. The predicted molar refractivity (Wildman–Crippen MR) is 137 cm³/mol. The summed E-state index contributed by atoms with van der Waals surface area (Å²) in [5.74, 6) is 0.292. The molecule has 3 aromatic carbocycles. The number of carbonyl (C=O) groups is 1. The molecular formula is C28H29N3OS. The van der Waals surface area contributed by atoms with Crippen molar-refractivity contribution in [3.63, 3.8) is 0 Å². The van der Waals surface area contributed by atoms with Crippen molar-refractivity contribution in [2.24, 2.45) is 4.99 Å². The van der Waals surface area contributed by atoms with E-state index in [1.807, 2.05) is 4.90 Å². The summed E-state index contributed by atoms with van der Waals surface area (Å²) >= 11 is 1.68. The van der Waals surface area contributed by atoms with Crippen LogP contribution >= 0.6 is 11.3 Å². The number of aryl methyl sites for hydroxylation is 1. The Morgan fingerprint density at radius 1 is 0.970 bits per heavy atom. The lowest BCUT2D eigenvalue weighted by atomic mass is 10.0. The third-order valence-corrected chi connectivity index (χ3v) is 7.28. The van der Waals surface area contributed by atoms with Crippen LogP contribution in [0.1, 0.15) is 31.7 Å². The molecule has 0 unspecified atom stereocenters. The lowest BCUT2D eigenvalue weighted by Crippen LogP contribution is -2.27. The van der Waals surface area contributed by atoms with Crippen LogP contribution in [-0.2, 0) is 17.8 Å².